The lowest BCUT2D eigenvalue weighted by Crippen LogP contribution is -2.51. The minimum atomic E-state index is -0.680. The predicted octanol–water partition coefficient (Wildman–Crippen LogP) is 3.72. The Labute approximate surface area is 231 Å². The molecular weight excluding hydrogens is 490 g/mol. The van der Waals surface area contributed by atoms with Gasteiger partial charge in [0.25, 0.3) is 0 Å². The zero-order valence-electron chi connectivity index (χ0n) is 23.1. The minimum Gasteiger partial charge on any atom is -0.392 e. The first-order valence-corrected chi connectivity index (χ1v) is 13.5. The third kappa shape index (κ3) is 9.94. The van der Waals surface area contributed by atoms with Crippen LogP contribution in [0.4, 0.5) is 0 Å². The molecular formula is C32H41N3O4. The molecule has 0 radical (unpaired) electrons. The Hall–Kier alpha value is -3.52. The van der Waals surface area contributed by atoms with Crippen LogP contribution in [0.1, 0.15) is 50.3 Å². The van der Waals surface area contributed by atoms with Gasteiger partial charge in [0.15, 0.2) is 0 Å². The number of aryl methyl sites for hydroxylation is 1. The summed E-state index contributed by atoms with van der Waals surface area (Å²) in [6.45, 7) is 6.17. The molecule has 3 aromatic rings. The van der Waals surface area contributed by atoms with Crippen LogP contribution in [-0.4, -0.2) is 46.3 Å². The van der Waals surface area contributed by atoms with E-state index >= 15 is 0 Å². The van der Waals surface area contributed by atoms with Gasteiger partial charge in [-0.1, -0.05) is 78.9 Å². The molecule has 2 atom stereocenters. The van der Waals surface area contributed by atoms with Crippen molar-refractivity contribution >= 4 is 11.8 Å². The summed E-state index contributed by atoms with van der Waals surface area (Å²) in [5.41, 5.74) is 4.34. The quantitative estimate of drug-likeness (QED) is 0.218. The van der Waals surface area contributed by atoms with Crippen molar-refractivity contribution in [1.29, 1.82) is 0 Å². The van der Waals surface area contributed by atoms with Gasteiger partial charge in [-0.15, -0.1) is 0 Å². The van der Waals surface area contributed by atoms with Gasteiger partial charge in [0, 0.05) is 25.0 Å². The predicted molar refractivity (Wildman–Crippen MR) is 155 cm³/mol. The molecule has 208 valence electrons. The molecule has 0 fully saturated rings. The standard InChI is InChI=1S/C32H41N3O4/c1-23(37)20-34-32(2,3)19-30(38)35-29(18-15-24-9-5-4-6-10-24)31(39)33-21-25-13-16-26(17-14-25)28-12-8-7-11-27(28)22-36/h4-14,16-17,23,29,34,36-37H,15,18-22H2,1-3H3,(H,33,39)(H,35,38)/t23-,29-/m1/s1. The largest absolute Gasteiger partial charge is 0.392 e. The van der Waals surface area contributed by atoms with Gasteiger partial charge in [0.2, 0.25) is 11.8 Å². The number of carbonyl (C=O) groups excluding carboxylic acids is 2. The molecule has 0 saturated heterocycles. The lowest BCUT2D eigenvalue weighted by molar-refractivity contribution is -0.129. The van der Waals surface area contributed by atoms with Crippen LogP contribution in [0.25, 0.3) is 11.1 Å². The van der Waals surface area contributed by atoms with E-state index in [1.165, 1.54) is 0 Å². The molecule has 0 aliphatic carbocycles. The van der Waals surface area contributed by atoms with Crippen molar-refractivity contribution < 1.29 is 19.8 Å². The summed E-state index contributed by atoms with van der Waals surface area (Å²) in [7, 11) is 0. The summed E-state index contributed by atoms with van der Waals surface area (Å²) in [4.78, 5) is 26.1. The summed E-state index contributed by atoms with van der Waals surface area (Å²) in [5, 5.41) is 28.3. The first-order chi connectivity index (χ1) is 18.7. The zero-order chi connectivity index (χ0) is 28.3. The molecule has 0 aliphatic heterocycles. The number of aliphatic hydroxyl groups excluding tert-OH is 2. The van der Waals surface area contributed by atoms with Crippen molar-refractivity contribution in [1.82, 2.24) is 16.0 Å². The van der Waals surface area contributed by atoms with Crippen molar-refractivity contribution in [2.24, 2.45) is 0 Å². The third-order valence-corrected chi connectivity index (χ3v) is 6.61. The molecule has 3 rings (SSSR count). The van der Waals surface area contributed by atoms with Gasteiger partial charge in [0.1, 0.15) is 6.04 Å². The maximum Gasteiger partial charge on any atom is 0.242 e. The second-order valence-corrected chi connectivity index (χ2v) is 10.7. The first kappa shape index (κ1) is 30.0. The molecule has 5 N–H and O–H groups in total. The van der Waals surface area contributed by atoms with E-state index in [9.17, 15) is 19.8 Å². The lowest BCUT2D eigenvalue weighted by atomic mass is 9.98. The van der Waals surface area contributed by atoms with E-state index in [1.54, 1.807) is 6.92 Å². The van der Waals surface area contributed by atoms with E-state index in [0.29, 0.717) is 25.9 Å². The Morgan fingerprint density at radius 1 is 0.897 bits per heavy atom. The molecule has 2 amide bonds. The van der Waals surface area contributed by atoms with Crippen molar-refractivity contribution in [3.8, 4) is 11.1 Å². The Balaban J connectivity index is 1.63. The zero-order valence-corrected chi connectivity index (χ0v) is 23.1. The number of amides is 2. The molecule has 39 heavy (non-hydrogen) atoms. The van der Waals surface area contributed by atoms with Crippen LogP contribution in [0.5, 0.6) is 0 Å². The van der Waals surface area contributed by atoms with Gasteiger partial charge in [-0.25, -0.2) is 0 Å². The number of nitrogens with one attached hydrogen (secondary N) is 3. The van der Waals surface area contributed by atoms with Gasteiger partial charge in [-0.2, -0.15) is 0 Å². The normalized spacial score (nSPS) is 12.9. The van der Waals surface area contributed by atoms with Gasteiger partial charge in [-0.3, -0.25) is 9.59 Å². The molecule has 0 bridgehead atoms. The molecule has 0 unspecified atom stereocenters. The van der Waals surface area contributed by atoms with Gasteiger partial charge < -0.3 is 26.2 Å². The Morgan fingerprint density at radius 3 is 2.23 bits per heavy atom. The molecule has 0 aliphatic rings. The van der Waals surface area contributed by atoms with Crippen LogP contribution in [-0.2, 0) is 29.2 Å². The summed E-state index contributed by atoms with van der Waals surface area (Å²) in [6.07, 6.45) is 0.781. The number of hydrogen-bond donors (Lipinski definition) is 5. The smallest absolute Gasteiger partial charge is 0.242 e. The number of hydrogen-bond acceptors (Lipinski definition) is 5. The number of carbonyl (C=O) groups is 2. The topological polar surface area (TPSA) is 111 Å². The first-order valence-electron chi connectivity index (χ1n) is 13.5. The second-order valence-electron chi connectivity index (χ2n) is 10.7. The van der Waals surface area contributed by atoms with Crippen molar-refractivity contribution in [3.05, 3.63) is 95.6 Å². The molecule has 0 spiro atoms. The highest BCUT2D eigenvalue weighted by molar-refractivity contribution is 5.88. The number of β-amino-alcohol motifs (C(OH)–C–C–N with tert-alkyl or cyclic N) is 1. The minimum absolute atomic E-state index is 0.0299. The van der Waals surface area contributed by atoms with E-state index in [0.717, 1.165) is 27.8 Å². The molecule has 7 nitrogen and oxygen atoms in total. The van der Waals surface area contributed by atoms with Crippen LogP contribution >= 0.6 is 0 Å². The fourth-order valence-corrected chi connectivity index (χ4v) is 4.41. The fourth-order valence-electron chi connectivity index (χ4n) is 4.41. The van der Waals surface area contributed by atoms with Crippen LogP contribution in [0, 0.1) is 0 Å². The SMILES string of the molecule is C[C@@H](O)CNC(C)(C)CC(=O)N[C@H](CCc1ccccc1)C(=O)NCc1ccc(-c2ccccc2CO)cc1. The lowest BCUT2D eigenvalue weighted by Gasteiger charge is -2.28. The summed E-state index contributed by atoms with van der Waals surface area (Å²) >= 11 is 0. The summed E-state index contributed by atoms with van der Waals surface area (Å²) in [5.74, 6) is -0.457. The monoisotopic (exact) mass is 531 g/mol. The van der Waals surface area contributed by atoms with Crippen molar-refractivity contribution in [3.63, 3.8) is 0 Å². The van der Waals surface area contributed by atoms with Crippen molar-refractivity contribution in [2.45, 2.75) is 70.9 Å². The average molecular weight is 532 g/mol. The summed E-state index contributed by atoms with van der Waals surface area (Å²) in [6, 6.07) is 24.8. The number of benzene rings is 3. The van der Waals surface area contributed by atoms with Gasteiger partial charge in [0.05, 0.1) is 12.7 Å². The highest BCUT2D eigenvalue weighted by Crippen LogP contribution is 2.24. The number of aliphatic hydroxyl groups is 2. The fraction of sp³-hybridized carbons (Fsp3) is 0.375. The Morgan fingerprint density at radius 2 is 1.56 bits per heavy atom. The highest BCUT2D eigenvalue weighted by atomic mass is 16.3. The van der Waals surface area contributed by atoms with Crippen LogP contribution in [0.2, 0.25) is 0 Å². The molecule has 0 heterocycles. The summed E-state index contributed by atoms with van der Waals surface area (Å²) < 4.78 is 0. The molecule has 7 heteroatoms. The molecule has 3 aromatic carbocycles. The Bertz CT molecular complexity index is 1190. The van der Waals surface area contributed by atoms with E-state index in [-0.39, 0.29) is 24.8 Å². The van der Waals surface area contributed by atoms with Gasteiger partial charge in [-0.05, 0) is 61.4 Å². The third-order valence-electron chi connectivity index (χ3n) is 6.61. The van der Waals surface area contributed by atoms with E-state index in [2.05, 4.69) is 16.0 Å². The van der Waals surface area contributed by atoms with Gasteiger partial charge >= 0.3 is 0 Å². The van der Waals surface area contributed by atoms with E-state index in [4.69, 9.17) is 0 Å². The van der Waals surface area contributed by atoms with Crippen LogP contribution < -0.4 is 16.0 Å². The number of rotatable bonds is 14. The Kier molecular flexibility index (Phi) is 11.2. The molecule has 0 saturated carbocycles. The van der Waals surface area contributed by atoms with Crippen LogP contribution in [0.3, 0.4) is 0 Å². The maximum atomic E-state index is 13.2. The average Bonchev–Trinajstić information content (AvgIpc) is 2.93. The molecule has 0 aromatic heterocycles. The van der Waals surface area contributed by atoms with E-state index < -0.39 is 17.7 Å². The van der Waals surface area contributed by atoms with E-state index in [1.807, 2.05) is 92.7 Å². The highest BCUT2D eigenvalue weighted by Gasteiger charge is 2.26. The second kappa shape index (κ2) is 14.6. The van der Waals surface area contributed by atoms with Crippen molar-refractivity contribution in [2.75, 3.05) is 6.54 Å². The van der Waals surface area contributed by atoms with Crippen LogP contribution in [0.15, 0.2) is 78.9 Å². The maximum absolute atomic E-state index is 13.2.